The molecule has 5 rings (SSSR count). The molecule has 2 N–H and O–H groups in total. The lowest BCUT2D eigenvalue weighted by Crippen LogP contribution is -2.35. The topological polar surface area (TPSA) is 138 Å². The van der Waals surface area contributed by atoms with Crippen molar-refractivity contribution in [3.05, 3.63) is 102 Å². The number of sulfonamides is 2. The van der Waals surface area contributed by atoms with Gasteiger partial charge in [-0.25, -0.2) is 26.8 Å². The molecule has 1 aromatic heterocycles. The standard InChI is InChI=1S/C28H27N5O5S2/c1-18-15-27(30-20(3)29-18)32-39(35,36)24-13-11-23(12-14-24)31-28(34)22-8-6-9-25(17-22)40(37,38)33-19(2)16-21-7-4-5-10-26(21)33/h4-15,17,19H,16H2,1-3H3,(H,31,34)(H,29,30,32)/t19-/m1/s1. The molecule has 1 atom stereocenters. The number of nitrogens with one attached hydrogen (secondary N) is 2. The molecule has 1 aliphatic heterocycles. The second-order valence-electron chi connectivity index (χ2n) is 9.54. The van der Waals surface area contributed by atoms with Gasteiger partial charge in [0.15, 0.2) is 0 Å². The maximum Gasteiger partial charge on any atom is 0.264 e. The number of para-hydroxylation sites is 1. The van der Waals surface area contributed by atoms with Gasteiger partial charge in [0.25, 0.3) is 26.0 Å². The van der Waals surface area contributed by atoms with Gasteiger partial charge in [-0.1, -0.05) is 24.3 Å². The fourth-order valence-electron chi connectivity index (χ4n) is 4.70. The molecular formula is C28H27N5O5S2. The predicted molar refractivity (Wildman–Crippen MR) is 152 cm³/mol. The molecule has 0 aliphatic carbocycles. The van der Waals surface area contributed by atoms with E-state index in [1.54, 1.807) is 26.0 Å². The second-order valence-corrected chi connectivity index (χ2v) is 13.0. The van der Waals surface area contributed by atoms with E-state index in [2.05, 4.69) is 20.0 Å². The summed E-state index contributed by atoms with van der Waals surface area (Å²) in [4.78, 5) is 21.2. The number of aryl methyl sites for hydroxylation is 2. The normalized spacial score (nSPS) is 15.0. The van der Waals surface area contributed by atoms with E-state index in [1.165, 1.54) is 58.9 Å². The molecule has 40 heavy (non-hydrogen) atoms. The van der Waals surface area contributed by atoms with E-state index in [0.29, 0.717) is 29.3 Å². The molecule has 0 unspecified atom stereocenters. The van der Waals surface area contributed by atoms with Gasteiger partial charge in [-0.05, 0) is 81.3 Å². The summed E-state index contributed by atoms with van der Waals surface area (Å²) >= 11 is 0. The molecule has 4 aromatic rings. The third kappa shape index (κ3) is 5.40. The van der Waals surface area contributed by atoms with Crippen LogP contribution in [0.2, 0.25) is 0 Å². The van der Waals surface area contributed by atoms with Crippen LogP contribution in [0.15, 0.2) is 88.7 Å². The average Bonchev–Trinajstić information content (AvgIpc) is 3.24. The summed E-state index contributed by atoms with van der Waals surface area (Å²) in [6.07, 6.45) is 0.606. The molecule has 206 valence electrons. The Hall–Kier alpha value is -4.29. The maximum absolute atomic E-state index is 13.6. The fourth-order valence-corrected chi connectivity index (χ4v) is 7.43. The molecular weight excluding hydrogens is 550 g/mol. The minimum atomic E-state index is -3.92. The van der Waals surface area contributed by atoms with Crippen LogP contribution in [0.3, 0.4) is 0 Å². The van der Waals surface area contributed by atoms with E-state index >= 15 is 0 Å². The van der Waals surface area contributed by atoms with Gasteiger partial charge in [-0.3, -0.25) is 13.8 Å². The first-order valence-electron chi connectivity index (χ1n) is 12.4. The highest BCUT2D eigenvalue weighted by atomic mass is 32.2. The Morgan fingerprint density at radius 1 is 0.875 bits per heavy atom. The van der Waals surface area contributed by atoms with Gasteiger partial charge < -0.3 is 5.32 Å². The zero-order valence-electron chi connectivity index (χ0n) is 22.0. The molecule has 0 saturated heterocycles. The first kappa shape index (κ1) is 27.3. The molecule has 3 aromatic carbocycles. The van der Waals surface area contributed by atoms with E-state index < -0.39 is 26.0 Å². The van der Waals surface area contributed by atoms with Crippen LogP contribution in [0.1, 0.15) is 34.4 Å². The number of carbonyl (C=O) groups is 1. The smallest absolute Gasteiger partial charge is 0.264 e. The second kappa shape index (κ2) is 10.4. The molecule has 0 radical (unpaired) electrons. The van der Waals surface area contributed by atoms with Crippen LogP contribution in [-0.2, 0) is 26.5 Å². The maximum atomic E-state index is 13.6. The van der Waals surface area contributed by atoms with Crippen LogP contribution in [0.5, 0.6) is 0 Å². The minimum absolute atomic E-state index is 0.00594. The summed E-state index contributed by atoms with van der Waals surface area (Å²) < 4.78 is 56.6. The number of hydrogen-bond donors (Lipinski definition) is 2. The number of hydrogen-bond acceptors (Lipinski definition) is 7. The van der Waals surface area contributed by atoms with Crippen LogP contribution < -0.4 is 14.3 Å². The summed E-state index contributed by atoms with van der Waals surface area (Å²) in [5, 5.41) is 2.69. The quantitative estimate of drug-likeness (QED) is 0.334. The van der Waals surface area contributed by atoms with Gasteiger partial charge in [0.05, 0.1) is 15.5 Å². The van der Waals surface area contributed by atoms with Crippen molar-refractivity contribution in [2.24, 2.45) is 0 Å². The minimum Gasteiger partial charge on any atom is -0.322 e. The van der Waals surface area contributed by atoms with E-state index in [-0.39, 0.29) is 27.2 Å². The number of fused-ring (bicyclic) bond motifs is 1. The Morgan fingerprint density at radius 3 is 2.33 bits per heavy atom. The lowest BCUT2D eigenvalue weighted by molar-refractivity contribution is 0.102. The highest BCUT2D eigenvalue weighted by Crippen LogP contribution is 2.36. The highest BCUT2D eigenvalue weighted by Gasteiger charge is 2.36. The van der Waals surface area contributed by atoms with Crippen molar-refractivity contribution >= 4 is 43.1 Å². The Kier molecular flexibility index (Phi) is 7.06. The molecule has 0 spiro atoms. The van der Waals surface area contributed by atoms with Crippen LogP contribution in [0.25, 0.3) is 0 Å². The Morgan fingerprint density at radius 2 is 1.60 bits per heavy atom. The number of rotatable bonds is 7. The summed E-state index contributed by atoms with van der Waals surface area (Å²) in [5.41, 5.74) is 2.71. The number of carbonyl (C=O) groups excluding carboxylic acids is 1. The molecule has 1 aliphatic rings. The van der Waals surface area contributed by atoms with Gasteiger partial charge in [-0.2, -0.15) is 0 Å². The third-order valence-electron chi connectivity index (χ3n) is 6.43. The monoisotopic (exact) mass is 577 g/mol. The molecule has 2 heterocycles. The van der Waals surface area contributed by atoms with E-state index in [0.717, 1.165) is 5.56 Å². The summed E-state index contributed by atoms with van der Waals surface area (Å²) in [6.45, 7) is 5.25. The zero-order valence-corrected chi connectivity index (χ0v) is 23.6. The van der Waals surface area contributed by atoms with Crippen LogP contribution in [0.4, 0.5) is 17.2 Å². The number of nitrogens with zero attached hydrogens (tertiary/aromatic N) is 3. The SMILES string of the molecule is Cc1cc(NS(=O)(=O)c2ccc(NC(=O)c3cccc(S(=O)(=O)N4c5ccccc5C[C@H]4C)c3)cc2)nc(C)n1. The molecule has 0 fully saturated rings. The van der Waals surface area contributed by atoms with Crippen molar-refractivity contribution in [3.8, 4) is 0 Å². The van der Waals surface area contributed by atoms with Gasteiger partial charge in [0.2, 0.25) is 0 Å². The number of aromatic nitrogens is 2. The van der Waals surface area contributed by atoms with Crippen molar-refractivity contribution in [1.29, 1.82) is 0 Å². The van der Waals surface area contributed by atoms with Crippen molar-refractivity contribution < 1.29 is 21.6 Å². The first-order valence-corrected chi connectivity index (χ1v) is 15.4. The third-order valence-corrected chi connectivity index (χ3v) is 9.72. The van der Waals surface area contributed by atoms with Crippen molar-refractivity contribution in [3.63, 3.8) is 0 Å². The van der Waals surface area contributed by atoms with Crippen LogP contribution >= 0.6 is 0 Å². The van der Waals surface area contributed by atoms with E-state index in [1.807, 2.05) is 19.1 Å². The number of amides is 1. The van der Waals surface area contributed by atoms with Crippen LogP contribution in [0, 0.1) is 13.8 Å². The van der Waals surface area contributed by atoms with Gasteiger partial charge in [0, 0.05) is 29.1 Å². The summed E-state index contributed by atoms with van der Waals surface area (Å²) in [7, 11) is -7.84. The summed E-state index contributed by atoms with van der Waals surface area (Å²) in [5.74, 6) is 0.0593. The Labute approximate surface area is 233 Å². The Balaban J connectivity index is 1.32. The highest BCUT2D eigenvalue weighted by molar-refractivity contribution is 7.93. The molecule has 10 nitrogen and oxygen atoms in total. The van der Waals surface area contributed by atoms with Gasteiger partial charge in [0.1, 0.15) is 11.6 Å². The number of anilines is 3. The average molecular weight is 578 g/mol. The zero-order chi connectivity index (χ0) is 28.7. The van der Waals surface area contributed by atoms with Crippen LogP contribution in [-0.4, -0.2) is 38.8 Å². The van der Waals surface area contributed by atoms with Crippen molar-refractivity contribution in [1.82, 2.24) is 9.97 Å². The van der Waals surface area contributed by atoms with Crippen molar-refractivity contribution in [2.45, 2.75) is 43.0 Å². The molecule has 1 amide bonds. The predicted octanol–water partition coefficient (Wildman–Crippen LogP) is 4.29. The Bertz CT molecular complexity index is 1800. The lowest BCUT2D eigenvalue weighted by Gasteiger charge is -2.24. The fraction of sp³-hybridized carbons (Fsp3) is 0.179. The van der Waals surface area contributed by atoms with E-state index in [4.69, 9.17) is 0 Å². The molecule has 0 bridgehead atoms. The molecule has 0 saturated carbocycles. The first-order chi connectivity index (χ1) is 18.9. The van der Waals surface area contributed by atoms with E-state index in [9.17, 15) is 21.6 Å². The van der Waals surface area contributed by atoms with Gasteiger partial charge in [-0.15, -0.1) is 0 Å². The largest absolute Gasteiger partial charge is 0.322 e. The number of benzene rings is 3. The summed E-state index contributed by atoms with van der Waals surface area (Å²) in [6, 6.07) is 20.1. The van der Waals surface area contributed by atoms with Gasteiger partial charge >= 0.3 is 0 Å². The lowest BCUT2D eigenvalue weighted by atomic mass is 10.1. The molecule has 12 heteroatoms. The van der Waals surface area contributed by atoms with Crippen molar-refractivity contribution in [2.75, 3.05) is 14.3 Å².